The van der Waals surface area contributed by atoms with Crippen molar-refractivity contribution in [1.82, 2.24) is 10.6 Å². The fourth-order valence-corrected chi connectivity index (χ4v) is 3.17. The number of urea groups is 1. The molecule has 0 aromatic rings. The fourth-order valence-electron chi connectivity index (χ4n) is 1.53. The van der Waals surface area contributed by atoms with Crippen LogP contribution in [0, 0.1) is 0 Å². The summed E-state index contributed by atoms with van der Waals surface area (Å²) < 4.78 is 22.5. The summed E-state index contributed by atoms with van der Waals surface area (Å²) in [6.45, 7) is -0.481. The smallest absolute Gasteiger partial charge is 0.323 e. The van der Waals surface area contributed by atoms with Crippen LogP contribution in [0.5, 0.6) is 0 Å². The molecule has 0 saturated carbocycles. The molecule has 2 amide bonds. The molecule has 1 aliphatic rings. The maximum atomic E-state index is 11.2. The number of sulfone groups is 1. The molecule has 0 aliphatic carbocycles. The molecule has 0 spiro atoms. The van der Waals surface area contributed by atoms with Crippen molar-refractivity contribution in [3.63, 3.8) is 0 Å². The molecule has 1 fully saturated rings. The molecule has 1 rings (SSSR count). The van der Waals surface area contributed by atoms with Crippen LogP contribution in [-0.4, -0.2) is 49.6 Å². The molecule has 0 bridgehead atoms. The van der Waals surface area contributed by atoms with Gasteiger partial charge in [0.2, 0.25) is 0 Å². The molecule has 0 aromatic heterocycles. The van der Waals surface area contributed by atoms with E-state index in [1.165, 1.54) is 0 Å². The van der Waals surface area contributed by atoms with Crippen molar-refractivity contribution in [3.05, 3.63) is 0 Å². The number of carbonyl (C=O) groups is 2. The van der Waals surface area contributed by atoms with Gasteiger partial charge in [0, 0.05) is 6.04 Å². The number of nitrogens with one attached hydrogen (secondary N) is 2. The van der Waals surface area contributed by atoms with Gasteiger partial charge in [-0.2, -0.15) is 0 Å². The lowest BCUT2D eigenvalue weighted by Crippen LogP contribution is -2.48. The molecule has 7 nitrogen and oxygen atoms in total. The van der Waals surface area contributed by atoms with Crippen molar-refractivity contribution < 1.29 is 23.1 Å². The van der Waals surface area contributed by atoms with Crippen molar-refractivity contribution in [3.8, 4) is 0 Å². The van der Waals surface area contributed by atoms with E-state index in [2.05, 4.69) is 10.6 Å². The summed E-state index contributed by atoms with van der Waals surface area (Å²) in [7, 11) is -3.07. The SMILES string of the molecule is O=C(O)CNC(=O)NC1CCCS(=O)(=O)C1. The third-order valence-corrected chi connectivity index (χ3v) is 4.02. The minimum Gasteiger partial charge on any atom is -0.480 e. The van der Waals surface area contributed by atoms with Crippen molar-refractivity contribution in [1.29, 1.82) is 0 Å². The van der Waals surface area contributed by atoms with Crippen LogP contribution >= 0.6 is 0 Å². The van der Waals surface area contributed by atoms with Crippen LogP contribution in [-0.2, 0) is 14.6 Å². The Morgan fingerprint density at radius 2 is 2.06 bits per heavy atom. The molecule has 92 valence electrons. The Morgan fingerprint density at radius 3 is 2.62 bits per heavy atom. The summed E-state index contributed by atoms with van der Waals surface area (Å²) in [6, 6.07) is -1.07. The quantitative estimate of drug-likeness (QED) is 0.591. The summed E-state index contributed by atoms with van der Waals surface area (Å²) >= 11 is 0. The molecule has 1 atom stereocenters. The predicted octanol–water partition coefficient (Wildman–Crippen LogP) is -1.05. The van der Waals surface area contributed by atoms with Crippen LogP contribution in [0.2, 0.25) is 0 Å². The number of amides is 2. The number of carbonyl (C=O) groups excluding carboxylic acids is 1. The van der Waals surface area contributed by atoms with Gasteiger partial charge in [0.05, 0.1) is 11.5 Å². The highest BCUT2D eigenvalue weighted by molar-refractivity contribution is 7.91. The van der Waals surface area contributed by atoms with E-state index >= 15 is 0 Å². The summed E-state index contributed by atoms with van der Waals surface area (Å²) in [5.74, 6) is -1.07. The van der Waals surface area contributed by atoms with Crippen molar-refractivity contribution in [2.24, 2.45) is 0 Å². The van der Waals surface area contributed by atoms with Crippen LogP contribution in [0.25, 0.3) is 0 Å². The first-order valence-corrected chi connectivity index (χ1v) is 6.68. The third-order valence-electron chi connectivity index (χ3n) is 2.20. The highest BCUT2D eigenvalue weighted by Crippen LogP contribution is 2.11. The average Bonchev–Trinajstić information content (AvgIpc) is 2.13. The molecule has 1 aliphatic heterocycles. The third kappa shape index (κ3) is 4.47. The van der Waals surface area contributed by atoms with Gasteiger partial charge < -0.3 is 15.7 Å². The number of carboxylic acid groups (broad SMARTS) is 1. The largest absolute Gasteiger partial charge is 0.480 e. The maximum absolute atomic E-state index is 11.2. The lowest BCUT2D eigenvalue weighted by atomic mass is 10.2. The van der Waals surface area contributed by atoms with Crippen LogP contribution in [0.15, 0.2) is 0 Å². The number of hydrogen-bond donors (Lipinski definition) is 3. The van der Waals surface area contributed by atoms with E-state index in [1.807, 2.05) is 0 Å². The molecular weight excluding hydrogens is 236 g/mol. The van der Waals surface area contributed by atoms with E-state index in [0.29, 0.717) is 12.8 Å². The Labute approximate surface area is 93.1 Å². The molecule has 3 N–H and O–H groups in total. The van der Waals surface area contributed by atoms with Gasteiger partial charge in [-0.15, -0.1) is 0 Å². The Hall–Kier alpha value is -1.31. The number of hydrogen-bond acceptors (Lipinski definition) is 4. The fraction of sp³-hybridized carbons (Fsp3) is 0.750. The lowest BCUT2D eigenvalue weighted by molar-refractivity contribution is -0.135. The highest BCUT2D eigenvalue weighted by atomic mass is 32.2. The Kier molecular flexibility index (Phi) is 4.11. The van der Waals surface area contributed by atoms with Crippen molar-refractivity contribution >= 4 is 21.8 Å². The molecule has 1 heterocycles. The van der Waals surface area contributed by atoms with Crippen molar-refractivity contribution in [2.45, 2.75) is 18.9 Å². The first kappa shape index (κ1) is 12.8. The van der Waals surface area contributed by atoms with E-state index in [-0.39, 0.29) is 11.5 Å². The van der Waals surface area contributed by atoms with Gasteiger partial charge in [-0.3, -0.25) is 4.79 Å². The van der Waals surface area contributed by atoms with E-state index in [1.54, 1.807) is 0 Å². The van der Waals surface area contributed by atoms with E-state index in [9.17, 15) is 18.0 Å². The van der Waals surface area contributed by atoms with Gasteiger partial charge in [0.1, 0.15) is 6.54 Å². The van der Waals surface area contributed by atoms with Gasteiger partial charge in [-0.25, -0.2) is 13.2 Å². The zero-order chi connectivity index (χ0) is 12.2. The lowest BCUT2D eigenvalue weighted by Gasteiger charge is -2.22. The normalized spacial score (nSPS) is 23.4. The number of carboxylic acids is 1. The van der Waals surface area contributed by atoms with Crippen molar-refractivity contribution in [2.75, 3.05) is 18.1 Å². The van der Waals surface area contributed by atoms with Gasteiger partial charge >= 0.3 is 12.0 Å². The second-order valence-corrected chi connectivity index (χ2v) is 5.90. The van der Waals surface area contributed by atoms with Gasteiger partial charge in [-0.05, 0) is 12.8 Å². The Bertz CT molecular complexity index is 378. The zero-order valence-corrected chi connectivity index (χ0v) is 9.42. The van der Waals surface area contributed by atoms with Gasteiger partial charge in [0.25, 0.3) is 0 Å². The number of aliphatic carboxylic acids is 1. The predicted molar refractivity (Wildman–Crippen MR) is 55.8 cm³/mol. The van der Waals surface area contributed by atoms with Crippen LogP contribution in [0.1, 0.15) is 12.8 Å². The van der Waals surface area contributed by atoms with E-state index in [4.69, 9.17) is 5.11 Å². The van der Waals surface area contributed by atoms with Crippen LogP contribution in [0.3, 0.4) is 0 Å². The monoisotopic (exact) mass is 250 g/mol. The summed E-state index contributed by atoms with van der Waals surface area (Å²) in [5, 5.41) is 12.9. The average molecular weight is 250 g/mol. The minimum atomic E-state index is -3.07. The number of rotatable bonds is 3. The first-order valence-electron chi connectivity index (χ1n) is 4.85. The first-order chi connectivity index (χ1) is 7.39. The standard InChI is InChI=1S/C8H14N2O5S/c11-7(12)4-9-8(13)10-6-2-1-3-16(14,15)5-6/h6H,1-5H2,(H,11,12)(H2,9,10,13). The summed E-state index contributed by atoms with van der Waals surface area (Å²) in [4.78, 5) is 21.3. The molecule has 8 heteroatoms. The molecule has 0 aromatic carbocycles. The maximum Gasteiger partial charge on any atom is 0.323 e. The molecule has 16 heavy (non-hydrogen) atoms. The van der Waals surface area contributed by atoms with Crippen LogP contribution < -0.4 is 10.6 Å². The topological polar surface area (TPSA) is 113 Å². The molecule has 0 radical (unpaired) electrons. The Morgan fingerprint density at radius 1 is 1.38 bits per heavy atom. The second-order valence-electron chi connectivity index (χ2n) is 3.67. The van der Waals surface area contributed by atoms with E-state index in [0.717, 1.165) is 0 Å². The van der Waals surface area contributed by atoms with Gasteiger partial charge in [0.15, 0.2) is 9.84 Å². The Balaban J connectivity index is 2.36. The minimum absolute atomic E-state index is 0.0759. The van der Waals surface area contributed by atoms with E-state index < -0.39 is 34.4 Å². The summed E-state index contributed by atoms with van der Waals surface area (Å²) in [6.07, 6.45) is 1.12. The van der Waals surface area contributed by atoms with Crippen LogP contribution in [0.4, 0.5) is 4.79 Å². The molecular formula is C8H14N2O5S. The highest BCUT2D eigenvalue weighted by Gasteiger charge is 2.25. The second kappa shape index (κ2) is 5.15. The zero-order valence-electron chi connectivity index (χ0n) is 8.60. The molecule has 1 unspecified atom stereocenters. The molecule has 1 saturated heterocycles. The van der Waals surface area contributed by atoms with Gasteiger partial charge in [-0.1, -0.05) is 0 Å². The summed E-state index contributed by atoms with van der Waals surface area (Å²) in [5.41, 5.74) is 0.